The third-order valence-corrected chi connectivity index (χ3v) is 5.84. The smallest absolute Gasteiger partial charge is 0.320 e. The summed E-state index contributed by atoms with van der Waals surface area (Å²) in [6, 6.07) is 6.74. The summed E-state index contributed by atoms with van der Waals surface area (Å²) in [6.45, 7) is 0.640. The highest BCUT2D eigenvalue weighted by molar-refractivity contribution is 6.31. The number of anilines is 2. The van der Waals surface area contributed by atoms with E-state index in [0.717, 1.165) is 6.07 Å². The highest BCUT2D eigenvalue weighted by Gasteiger charge is 2.33. The van der Waals surface area contributed by atoms with Crippen molar-refractivity contribution < 1.29 is 28.2 Å². The Morgan fingerprint density at radius 1 is 1.17 bits per heavy atom. The number of aliphatic hydroxyl groups excluding tert-OH is 1. The van der Waals surface area contributed by atoms with Crippen molar-refractivity contribution in [3.63, 3.8) is 0 Å². The fourth-order valence-corrected chi connectivity index (χ4v) is 3.97. The molecule has 0 saturated heterocycles. The fourth-order valence-electron chi connectivity index (χ4n) is 3.79. The van der Waals surface area contributed by atoms with E-state index in [1.807, 2.05) is 0 Å². The lowest BCUT2D eigenvalue weighted by Crippen LogP contribution is -2.41. The number of aromatic nitrogens is 2. The van der Waals surface area contributed by atoms with Gasteiger partial charge >= 0.3 is 6.03 Å². The molecule has 0 spiro atoms. The summed E-state index contributed by atoms with van der Waals surface area (Å²) >= 11 is 6.22. The van der Waals surface area contributed by atoms with Gasteiger partial charge in [-0.1, -0.05) is 11.6 Å². The number of aryl methyl sites for hydroxylation is 1. The van der Waals surface area contributed by atoms with Crippen molar-refractivity contribution in [2.75, 3.05) is 23.1 Å². The molecule has 188 valence electrons. The maximum atomic E-state index is 13.9. The van der Waals surface area contributed by atoms with Crippen LogP contribution >= 0.6 is 11.6 Å². The van der Waals surface area contributed by atoms with Crippen LogP contribution < -0.4 is 25.8 Å². The molecule has 0 unspecified atom stereocenters. The second-order valence-corrected chi connectivity index (χ2v) is 8.20. The number of nitrogens with zero attached hydrogens (tertiary/aromatic N) is 4. The number of primary amides is 1. The molecule has 0 aliphatic carbocycles. The first-order chi connectivity index (χ1) is 17.1. The van der Waals surface area contributed by atoms with Crippen molar-refractivity contribution in [3.05, 3.63) is 74.8 Å². The second-order valence-electron chi connectivity index (χ2n) is 7.82. The number of carbonyl (C=O) groups is 2. The predicted octanol–water partition coefficient (Wildman–Crippen LogP) is 2.62. The van der Waals surface area contributed by atoms with E-state index < -0.39 is 29.1 Å². The van der Waals surface area contributed by atoms with Gasteiger partial charge in [0.1, 0.15) is 30.7 Å². The Morgan fingerprint density at radius 3 is 2.58 bits per heavy atom. The first kappa shape index (κ1) is 25.1. The largest absolute Gasteiger partial charge is 0.471 e. The average Bonchev–Trinajstić information content (AvgIpc) is 3.21. The van der Waals surface area contributed by atoms with Crippen LogP contribution in [0.3, 0.4) is 0 Å². The maximum Gasteiger partial charge on any atom is 0.320 e. The summed E-state index contributed by atoms with van der Waals surface area (Å²) in [5.41, 5.74) is 5.72. The van der Waals surface area contributed by atoms with Crippen molar-refractivity contribution in [2.24, 2.45) is 5.73 Å². The molecule has 1 aromatic heterocycles. The van der Waals surface area contributed by atoms with Gasteiger partial charge in [0, 0.05) is 11.6 Å². The summed E-state index contributed by atoms with van der Waals surface area (Å²) < 4.78 is 33.6. The van der Waals surface area contributed by atoms with Crippen LogP contribution in [0.15, 0.2) is 41.2 Å². The standard InChI is InChI=1S/C23H20ClF2N5O5/c1-12-28-21(36-10-13-2-3-14(25)8-16(13)26)20(24)22(34)31(12)15-4-5-17-18(9-15)29(19(33)6-7-32)11-30(17)23(27)35/h2-5,8-9,32H,6-7,10-11H2,1H3,(H2,27,35). The number of benzene rings is 2. The number of carbonyl (C=O) groups excluding carboxylic acids is 2. The normalized spacial score (nSPS) is 12.6. The molecule has 2 aromatic carbocycles. The Labute approximate surface area is 208 Å². The Morgan fingerprint density at radius 2 is 1.92 bits per heavy atom. The highest BCUT2D eigenvalue weighted by Crippen LogP contribution is 2.38. The Bertz CT molecular complexity index is 1430. The van der Waals surface area contributed by atoms with Crippen molar-refractivity contribution in [1.29, 1.82) is 0 Å². The summed E-state index contributed by atoms with van der Waals surface area (Å²) in [6.07, 6.45) is -0.177. The van der Waals surface area contributed by atoms with Gasteiger partial charge in [0.2, 0.25) is 11.8 Å². The number of urea groups is 1. The number of nitrogens with two attached hydrogens (primary N) is 1. The van der Waals surface area contributed by atoms with Crippen LogP contribution in [0.2, 0.25) is 5.02 Å². The van der Waals surface area contributed by atoms with Crippen molar-refractivity contribution >= 4 is 34.9 Å². The summed E-state index contributed by atoms with van der Waals surface area (Å²) in [4.78, 5) is 44.1. The quantitative estimate of drug-likeness (QED) is 0.515. The van der Waals surface area contributed by atoms with Crippen LogP contribution in [0.4, 0.5) is 25.0 Å². The summed E-state index contributed by atoms with van der Waals surface area (Å²) in [5, 5.41) is 8.78. The second kappa shape index (κ2) is 9.91. The molecule has 0 bridgehead atoms. The minimum absolute atomic E-state index is 0.0429. The Hall–Kier alpha value is -4.03. The van der Waals surface area contributed by atoms with E-state index in [2.05, 4.69) is 4.98 Å². The minimum Gasteiger partial charge on any atom is -0.471 e. The van der Waals surface area contributed by atoms with E-state index in [1.54, 1.807) is 0 Å². The van der Waals surface area contributed by atoms with Gasteiger partial charge in [-0.2, -0.15) is 4.98 Å². The monoisotopic (exact) mass is 519 g/mol. The van der Waals surface area contributed by atoms with Crippen LogP contribution in [0, 0.1) is 18.6 Å². The molecule has 3 N–H and O–H groups in total. The fraction of sp³-hybridized carbons (Fsp3) is 0.217. The zero-order valence-electron chi connectivity index (χ0n) is 18.9. The van der Waals surface area contributed by atoms with E-state index in [4.69, 9.17) is 27.2 Å². The Kier molecular flexibility index (Phi) is 6.91. The molecule has 10 nitrogen and oxygen atoms in total. The molecule has 3 amide bonds. The summed E-state index contributed by atoms with van der Waals surface area (Å²) in [5.74, 6) is -2.08. The van der Waals surface area contributed by atoms with E-state index in [-0.39, 0.29) is 54.3 Å². The number of amides is 3. The van der Waals surface area contributed by atoms with Gasteiger partial charge in [-0.15, -0.1) is 0 Å². The number of ether oxygens (including phenoxy) is 1. The zero-order valence-corrected chi connectivity index (χ0v) is 19.6. The molecule has 2 heterocycles. The SMILES string of the molecule is Cc1nc(OCc2ccc(F)cc2F)c(Cl)c(=O)n1-c1ccc2c(c1)N(C(=O)CCO)CN2C(N)=O. The number of hydrogen-bond acceptors (Lipinski definition) is 6. The van der Waals surface area contributed by atoms with Crippen LogP contribution in [0.25, 0.3) is 5.69 Å². The lowest BCUT2D eigenvalue weighted by Gasteiger charge is -2.18. The van der Waals surface area contributed by atoms with Crippen LogP contribution in [0.5, 0.6) is 5.88 Å². The van der Waals surface area contributed by atoms with Crippen LogP contribution in [0.1, 0.15) is 17.8 Å². The summed E-state index contributed by atoms with van der Waals surface area (Å²) in [7, 11) is 0. The lowest BCUT2D eigenvalue weighted by molar-refractivity contribution is -0.119. The highest BCUT2D eigenvalue weighted by atomic mass is 35.5. The molecule has 1 aliphatic rings. The number of halogens is 3. The number of hydrogen-bond donors (Lipinski definition) is 2. The Balaban J connectivity index is 1.70. The number of rotatable bonds is 6. The van der Waals surface area contributed by atoms with Gasteiger partial charge in [-0.25, -0.2) is 13.6 Å². The van der Waals surface area contributed by atoms with E-state index in [0.29, 0.717) is 17.4 Å². The number of aliphatic hydroxyl groups is 1. The first-order valence-electron chi connectivity index (χ1n) is 10.6. The molecule has 3 aromatic rings. The molecule has 0 fully saturated rings. The maximum absolute atomic E-state index is 13.9. The number of fused-ring (bicyclic) bond motifs is 1. The van der Waals surface area contributed by atoms with Crippen molar-refractivity contribution in [1.82, 2.24) is 9.55 Å². The molecule has 4 rings (SSSR count). The van der Waals surface area contributed by atoms with E-state index in [1.165, 1.54) is 45.6 Å². The molecule has 0 saturated carbocycles. The van der Waals surface area contributed by atoms with Crippen molar-refractivity contribution in [2.45, 2.75) is 20.0 Å². The van der Waals surface area contributed by atoms with Gasteiger partial charge in [-0.05, 0) is 37.3 Å². The third kappa shape index (κ3) is 4.60. The lowest BCUT2D eigenvalue weighted by atomic mass is 10.2. The molecule has 0 radical (unpaired) electrons. The van der Waals surface area contributed by atoms with Crippen molar-refractivity contribution in [3.8, 4) is 11.6 Å². The van der Waals surface area contributed by atoms with Gasteiger partial charge in [0.05, 0.1) is 30.1 Å². The van der Waals surface area contributed by atoms with E-state index in [9.17, 15) is 23.2 Å². The topological polar surface area (TPSA) is 131 Å². The van der Waals surface area contributed by atoms with Crippen LogP contribution in [-0.4, -0.2) is 39.9 Å². The molecule has 36 heavy (non-hydrogen) atoms. The molecular formula is C23H20ClF2N5O5. The zero-order chi connectivity index (χ0) is 26.1. The van der Waals surface area contributed by atoms with Gasteiger partial charge in [0.25, 0.3) is 5.56 Å². The molecule has 0 atom stereocenters. The molecule has 1 aliphatic heterocycles. The molecule has 13 heteroatoms. The predicted molar refractivity (Wildman–Crippen MR) is 126 cm³/mol. The van der Waals surface area contributed by atoms with Gasteiger partial charge < -0.3 is 15.6 Å². The average molecular weight is 520 g/mol. The van der Waals surface area contributed by atoms with Gasteiger partial charge in [-0.3, -0.25) is 24.0 Å². The third-order valence-electron chi connectivity index (χ3n) is 5.52. The van der Waals surface area contributed by atoms with Gasteiger partial charge in [0.15, 0.2) is 5.02 Å². The first-order valence-corrected chi connectivity index (χ1v) is 11.0. The van der Waals surface area contributed by atoms with Crippen LogP contribution in [-0.2, 0) is 11.4 Å². The minimum atomic E-state index is -0.820. The van der Waals surface area contributed by atoms with E-state index >= 15 is 0 Å². The molecular weight excluding hydrogens is 500 g/mol.